The number of pyridine rings is 1. The Kier molecular flexibility index (Phi) is 3.60. The monoisotopic (exact) mass is 227 g/mol. The van der Waals surface area contributed by atoms with Crippen molar-refractivity contribution >= 4 is 11.4 Å². The smallest absolute Gasteiger partial charge is 0.0766 e. The molecule has 1 aromatic carbocycles. The van der Waals surface area contributed by atoms with Crippen LogP contribution in [0.2, 0.25) is 0 Å². The van der Waals surface area contributed by atoms with Crippen molar-refractivity contribution in [1.29, 1.82) is 0 Å². The van der Waals surface area contributed by atoms with Gasteiger partial charge in [-0.15, -0.1) is 0 Å². The van der Waals surface area contributed by atoms with Crippen molar-refractivity contribution in [2.24, 2.45) is 0 Å². The van der Waals surface area contributed by atoms with Gasteiger partial charge in [0.2, 0.25) is 0 Å². The van der Waals surface area contributed by atoms with E-state index >= 15 is 0 Å². The van der Waals surface area contributed by atoms with Crippen LogP contribution in [0.5, 0.6) is 0 Å². The molecule has 0 saturated carbocycles. The Morgan fingerprint density at radius 1 is 1.12 bits per heavy atom. The lowest BCUT2D eigenvalue weighted by Gasteiger charge is -2.17. The van der Waals surface area contributed by atoms with E-state index in [0.29, 0.717) is 0 Å². The Bertz CT molecular complexity index is 466. The second-order valence-electron chi connectivity index (χ2n) is 4.13. The Morgan fingerprint density at radius 3 is 2.59 bits per heavy atom. The lowest BCUT2D eigenvalue weighted by Crippen LogP contribution is -2.12. The van der Waals surface area contributed by atoms with Crippen LogP contribution in [-0.4, -0.2) is 19.1 Å². The van der Waals surface area contributed by atoms with Gasteiger partial charge in [0, 0.05) is 26.8 Å². The van der Waals surface area contributed by atoms with E-state index in [1.54, 1.807) is 0 Å². The number of nitrogens with zero attached hydrogens (tertiary/aromatic N) is 2. The van der Waals surface area contributed by atoms with E-state index in [9.17, 15) is 0 Å². The van der Waals surface area contributed by atoms with Crippen molar-refractivity contribution in [2.75, 3.05) is 24.3 Å². The quantitative estimate of drug-likeness (QED) is 0.870. The molecule has 1 N–H and O–H groups in total. The minimum absolute atomic E-state index is 0.813. The first-order valence-electron chi connectivity index (χ1n) is 5.66. The SMILES string of the molecule is CN(C)c1ccncc1NCc1ccccc1. The van der Waals surface area contributed by atoms with Gasteiger partial charge >= 0.3 is 0 Å². The van der Waals surface area contributed by atoms with Crippen LogP contribution in [0.15, 0.2) is 48.8 Å². The Hall–Kier alpha value is -2.03. The molecule has 0 bridgehead atoms. The van der Waals surface area contributed by atoms with Crippen LogP contribution in [0.3, 0.4) is 0 Å². The molecule has 0 unspecified atom stereocenters. The minimum atomic E-state index is 0.813. The predicted octanol–water partition coefficient (Wildman–Crippen LogP) is 2.76. The van der Waals surface area contributed by atoms with Crippen LogP contribution in [0.1, 0.15) is 5.56 Å². The summed E-state index contributed by atoms with van der Waals surface area (Å²) in [7, 11) is 4.06. The Morgan fingerprint density at radius 2 is 1.88 bits per heavy atom. The number of anilines is 2. The van der Waals surface area contributed by atoms with E-state index < -0.39 is 0 Å². The van der Waals surface area contributed by atoms with E-state index in [-0.39, 0.29) is 0 Å². The lowest BCUT2D eigenvalue weighted by atomic mass is 10.2. The first kappa shape index (κ1) is 11.5. The third-order valence-electron chi connectivity index (χ3n) is 2.61. The molecule has 3 heteroatoms. The van der Waals surface area contributed by atoms with Crippen molar-refractivity contribution in [1.82, 2.24) is 4.98 Å². The topological polar surface area (TPSA) is 28.2 Å². The van der Waals surface area contributed by atoms with Crippen molar-refractivity contribution in [2.45, 2.75) is 6.54 Å². The number of benzene rings is 1. The highest BCUT2D eigenvalue weighted by Crippen LogP contribution is 2.22. The molecule has 1 aromatic heterocycles. The normalized spacial score (nSPS) is 10.0. The molecule has 0 amide bonds. The third-order valence-corrected chi connectivity index (χ3v) is 2.61. The van der Waals surface area contributed by atoms with E-state index in [1.807, 2.05) is 50.8 Å². The van der Waals surface area contributed by atoms with Crippen molar-refractivity contribution < 1.29 is 0 Å². The summed E-state index contributed by atoms with van der Waals surface area (Å²) in [5.74, 6) is 0. The van der Waals surface area contributed by atoms with Crippen LogP contribution < -0.4 is 10.2 Å². The highest BCUT2D eigenvalue weighted by Gasteiger charge is 2.03. The first-order chi connectivity index (χ1) is 8.27. The molecule has 3 nitrogen and oxygen atoms in total. The fraction of sp³-hybridized carbons (Fsp3) is 0.214. The maximum Gasteiger partial charge on any atom is 0.0766 e. The van der Waals surface area contributed by atoms with Crippen LogP contribution in [-0.2, 0) is 6.54 Å². The Labute approximate surface area is 102 Å². The summed E-state index contributed by atoms with van der Waals surface area (Å²) in [5, 5.41) is 3.41. The molecular formula is C14H17N3. The summed E-state index contributed by atoms with van der Waals surface area (Å²) in [6.07, 6.45) is 3.67. The van der Waals surface area contributed by atoms with Gasteiger partial charge in [-0.3, -0.25) is 4.98 Å². The zero-order valence-electron chi connectivity index (χ0n) is 10.2. The summed E-state index contributed by atoms with van der Waals surface area (Å²) in [6, 6.07) is 12.4. The van der Waals surface area contributed by atoms with Crippen LogP contribution in [0.25, 0.3) is 0 Å². The van der Waals surface area contributed by atoms with Crippen molar-refractivity contribution in [3.63, 3.8) is 0 Å². The fourth-order valence-corrected chi connectivity index (χ4v) is 1.71. The zero-order valence-corrected chi connectivity index (χ0v) is 10.2. The minimum Gasteiger partial charge on any atom is -0.378 e. The molecule has 17 heavy (non-hydrogen) atoms. The lowest BCUT2D eigenvalue weighted by molar-refractivity contribution is 1.09. The largest absolute Gasteiger partial charge is 0.378 e. The average Bonchev–Trinajstić information content (AvgIpc) is 2.38. The van der Waals surface area contributed by atoms with Gasteiger partial charge < -0.3 is 10.2 Å². The first-order valence-corrected chi connectivity index (χ1v) is 5.66. The van der Waals surface area contributed by atoms with Gasteiger partial charge in [-0.25, -0.2) is 0 Å². The summed E-state index contributed by atoms with van der Waals surface area (Å²) < 4.78 is 0. The summed E-state index contributed by atoms with van der Waals surface area (Å²) >= 11 is 0. The molecule has 0 fully saturated rings. The fourth-order valence-electron chi connectivity index (χ4n) is 1.71. The molecule has 2 rings (SSSR count). The van der Waals surface area contributed by atoms with E-state index in [0.717, 1.165) is 17.9 Å². The van der Waals surface area contributed by atoms with Gasteiger partial charge in [0.1, 0.15) is 0 Å². The highest BCUT2D eigenvalue weighted by molar-refractivity contribution is 5.68. The van der Waals surface area contributed by atoms with Crippen molar-refractivity contribution in [3.05, 3.63) is 54.4 Å². The van der Waals surface area contributed by atoms with Gasteiger partial charge in [-0.2, -0.15) is 0 Å². The second kappa shape index (κ2) is 5.34. The van der Waals surface area contributed by atoms with E-state index in [1.165, 1.54) is 5.56 Å². The predicted molar refractivity (Wildman–Crippen MR) is 72.3 cm³/mol. The summed E-state index contributed by atoms with van der Waals surface area (Å²) in [5.41, 5.74) is 3.47. The molecule has 0 saturated heterocycles. The number of rotatable bonds is 4. The molecule has 0 aliphatic carbocycles. The molecule has 0 radical (unpaired) electrons. The standard InChI is InChI=1S/C14H17N3/c1-17(2)14-8-9-15-11-13(14)16-10-12-6-4-3-5-7-12/h3-9,11,16H,10H2,1-2H3. The summed E-state index contributed by atoms with van der Waals surface area (Å²) in [4.78, 5) is 6.23. The van der Waals surface area contributed by atoms with Gasteiger partial charge in [0.15, 0.2) is 0 Å². The molecule has 0 atom stereocenters. The maximum absolute atomic E-state index is 4.15. The molecule has 2 aromatic rings. The van der Waals surface area contributed by atoms with Crippen molar-refractivity contribution in [3.8, 4) is 0 Å². The summed E-state index contributed by atoms with van der Waals surface area (Å²) in [6.45, 7) is 0.813. The van der Waals surface area contributed by atoms with Crippen LogP contribution >= 0.6 is 0 Å². The Balaban J connectivity index is 2.09. The number of hydrogen-bond donors (Lipinski definition) is 1. The molecule has 0 spiro atoms. The second-order valence-corrected chi connectivity index (χ2v) is 4.13. The number of aromatic nitrogens is 1. The zero-order chi connectivity index (χ0) is 12.1. The molecule has 1 heterocycles. The van der Waals surface area contributed by atoms with Gasteiger partial charge in [-0.1, -0.05) is 30.3 Å². The average molecular weight is 227 g/mol. The molecule has 0 aliphatic heterocycles. The highest BCUT2D eigenvalue weighted by atomic mass is 15.1. The van der Waals surface area contributed by atoms with Crippen LogP contribution in [0, 0.1) is 0 Å². The molecule has 88 valence electrons. The van der Waals surface area contributed by atoms with E-state index in [4.69, 9.17) is 0 Å². The third kappa shape index (κ3) is 2.97. The number of hydrogen-bond acceptors (Lipinski definition) is 3. The molecule has 0 aliphatic rings. The van der Waals surface area contributed by atoms with Gasteiger partial charge in [-0.05, 0) is 11.6 Å². The number of nitrogens with one attached hydrogen (secondary N) is 1. The maximum atomic E-state index is 4.15. The van der Waals surface area contributed by atoms with Gasteiger partial charge in [0.05, 0.1) is 17.6 Å². The van der Waals surface area contributed by atoms with E-state index in [2.05, 4.69) is 27.3 Å². The van der Waals surface area contributed by atoms with Gasteiger partial charge in [0.25, 0.3) is 0 Å². The van der Waals surface area contributed by atoms with Crippen LogP contribution in [0.4, 0.5) is 11.4 Å². The molecular weight excluding hydrogens is 210 g/mol.